The van der Waals surface area contributed by atoms with E-state index in [1.807, 2.05) is 44.2 Å². The number of allylic oxidation sites excluding steroid dienone is 3. The fourth-order valence-corrected chi connectivity index (χ4v) is 4.09. The molecule has 0 aromatic heterocycles. The van der Waals surface area contributed by atoms with Gasteiger partial charge in [0.2, 0.25) is 0 Å². The summed E-state index contributed by atoms with van der Waals surface area (Å²) in [5.74, 6) is 0.318. The average molecular weight is 361 g/mol. The molecule has 0 radical (unpaired) electrons. The molecule has 1 nitrogen and oxygen atoms in total. The Morgan fingerprint density at radius 1 is 0.926 bits per heavy atom. The standard InChI is InChI=1S/C26H32O/c1-7-18(2)16-24(27)21-11-9-8-10-20(21)19-12-13-22-23(17-19)26(5,6)15-14-25(22,3)4/h7-13,16-17,27H,14-15H2,1-6H3/b18-7+,24-16?. The van der Waals surface area contributed by atoms with Gasteiger partial charge < -0.3 is 5.11 Å². The summed E-state index contributed by atoms with van der Waals surface area (Å²) in [5, 5.41) is 10.7. The summed E-state index contributed by atoms with van der Waals surface area (Å²) < 4.78 is 0. The number of aliphatic hydroxyl groups excluding tert-OH is 1. The molecule has 0 saturated carbocycles. The fraction of sp³-hybridized carbons (Fsp3) is 0.385. The molecule has 2 aromatic carbocycles. The van der Waals surface area contributed by atoms with Gasteiger partial charge in [-0.05, 0) is 65.8 Å². The number of fused-ring (bicyclic) bond motifs is 1. The molecule has 142 valence electrons. The van der Waals surface area contributed by atoms with E-state index in [0.717, 1.165) is 16.7 Å². The van der Waals surface area contributed by atoms with Gasteiger partial charge in [-0.3, -0.25) is 0 Å². The predicted molar refractivity (Wildman–Crippen MR) is 117 cm³/mol. The van der Waals surface area contributed by atoms with E-state index in [2.05, 4.69) is 52.0 Å². The number of rotatable bonds is 3. The molecule has 0 amide bonds. The lowest BCUT2D eigenvalue weighted by atomic mass is 9.63. The summed E-state index contributed by atoms with van der Waals surface area (Å²) in [6.45, 7) is 13.4. The Hall–Kier alpha value is -2.28. The summed E-state index contributed by atoms with van der Waals surface area (Å²) in [4.78, 5) is 0. The van der Waals surface area contributed by atoms with Gasteiger partial charge >= 0.3 is 0 Å². The molecule has 1 heteroatoms. The molecule has 0 unspecified atom stereocenters. The van der Waals surface area contributed by atoms with Crippen molar-refractivity contribution >= 4 is 5.76 Å². The molecule has 0 spiro atoms. The van der Waals surface area contributed by atoms with Crippen molar-refractivity contribution < 1.29 is 5.11 Å². The second-order valence-corrected chi connectivity index (χ2v) is 9.14. The Kier molecular flexibility index (Phi) is 5.08. The normalized spacial score (nSPS) is 18.9. The number of aliphatic hydroxyl groups is 1. The van der Waals surface area contributed by atoms with E-state index in [4.69, 9.17) is 0 Å². The van der Waals surface area contributed by atoms with E-state index in [-0.39, 0.29) is 10.8 Å². The van der Waals surface area contributed by atoms with Crippen LogP contribution in [0.2, 0.25) is 0 Å². The molecule has 0 fully saturated rings. The van der Waals surface area contributed by atoms with Crippen molar-refractivity contribution in [1.82, 2.24) is 0 Å². The van der Waals surface area contributed by atoms with Gasteiger partial charge in [0.25, 0.3) is 0 Å². The molecular weight excluding hydrogens is 328 g/mol. The van der Waals surface area contributed by atoms with Crippen LogP contribution in [-0.2, 0) is 10.8 Å². The van der Waals surface area contributed by atoms with Crippen LogP contribution < -0.4 is 0 Å². The third-order valence-electron chi connectivity index (χ3n) is 6.19. The van der Waals surface area contributed by atoms with Crippen LogP contribution in [0.5, 0.6) is 0 Å². The maximum atomic E-state index is 10.7. The van der Waals surface area contributed by atoms with E-state index in [0.29, 0.717) is 5.76 Å². The van der Waals surface area contributed by atoms with Gasteiger partial charge in [-0.15, -0.1) is 0 Å². The molecule has 1 N–H and O–H groups in total. The molecule has 3 rings (SSSR count). The van der Waals surface area contributed by atoms with Crippen LogP contribution in [0.1, 0.15) is 71.1 Å². The minimum atomic E-state index is 0.176. The van der Waals surface area contributed by atoms with Crippen molar-refractivity contribution in [2.75, 3.05) is 0 Å². The Labute approximate surface area is 164 Å². The maximum absolute atomic E-state index is 10.7. The lowest BCUT2D eigenvalue weighted by Gasteiger charge is -2.42. The lowest BCUT2D eigenvalue weighted by molar-refractivity contribution is 0.332. The second kappa shape index (κ2) is 7.03. The third-order valence-corrected chi connectivity index (χ3v) is 6.19. The van der Waals surface area contributed by atoms with E-state index >= 15 is 0 Å². The van der Waals surface area contributed by atoms with E-state index < -0.39 is 0 Å². The molecule has 2 aromatic rings. The van der Waals surface area contributed by atoms with Crippen LogP contribution in [0, 0.1) is 0 Å². The largest absolute Gasteiger partial charge is 0.507 e. The molecule has 0 heterocycles. The molecule has 0 aliphatic heterocycles. The number of hydrogen-bond acceptors (Lipinski definition) is 1. The van der Waals surface area contributed by atoms with Gasteiger partial charge in [-0.25, -0.2) is 0 Å². The van der Waals surface area contributed by atoms with E-state index in [9.17, 15) is 5.11 Å². The van der Waals surface area contributed by atoms with Crippen LogP contribution in [0.3, 0.4) is 0 Å². The van der Waals surface area contributed by atoms with Gasteiger partial charge in [-0.1, -0.05) is 81.8 Å². The van der Waals surface area contributed by atoms with E-state index in [1.165, 1.54) is 29.5 Å². The first-order chi connectivity index (χ1) is 12.7. The highest BCUT2D eigenvalue weighted by Crippen LogP contribution is 2.47. The Morgan fingerprint density at radius 3 is 2.22 bits per heavy atom. The van der Waals surface area contributed by atoms with Crippen molar-refractivity contribution in [3.63, 3.8) is 0 Å². The molecule has 1 aliphatic carbocycles. The van der Waals surface area contributed by atoms with Gasteiger partial charge in [-0.2, -0.15) is 0 Å². The maximum Gasteiger partial charge on any atom is 0.123 e. The number of benzene rings is 2. The van der Waals surface area contributed by atoms with Gasteiger partial charge in [0.05, 0.1) is 0 Å². The van der Waals surface area contributed by atoms with Crippen molar-refractivity contribution in [3.05, 3.63) is 76.9 Å². The van der Waals surface area contributed by atoms with E-state index in [1.54, 1.807) is 0 Å². The predicted octanol–water partition coefficient (Wildman–Crippen LogP) is 7.57. The van der Waals surface area contributed by atoms with Gasteiger partial charge in [0, 0.05) is 5.56 Å². The molecule has 0 saturated heterocycles. The molecule has 27 heavy (non-hydrogen) atoms. The highest BCUT2D eigenvalue weighted by Gasteiger charge is 2.37. The Morgan fingerprint density at radius 2 is 1.56 bits per heavy atom. The monoisotopic (exact) mass is 360 g/mol. The highest BCUT2D eigenvalue weighted by atomic mass is 16.3. The first-order valence-corrected chi connectivity index (χ1v) is 9.94. The van der Waals surface area contributed by atoms with Crippen LogP contribution in [0.25, 0.3) is 16.9 Å². The molecular formula is C26H32O. The van der Waals surface area contributed by atoms with Crippen molar-refractivity contribution in [3.8, 4) is 11.1 Å². The quantitative estimate of drug-likeness (QED) is 0.442. The summed E-state index contributed by atoms with van der Waals surface area (Å²) in [5.41, 5.74) is 7.49. The second-order valence-electron chi connectivity index (χ2n) is 9.14. The van der Waals surface area contributed by atoms with Crippen molar-refractivity contribution in [2.24, 2.45) is 0 Å². The highest BCUT2D eigenvalue weighted by molar-refractivity contribution is 5.80. The minimum Gasteiger partial charge on any atom is -0.507 e. The minimum absolute atomic E-state index is 0.176. The smallest absolute Gasteiger partial charge is 0.123 e. The summed E-state index contributed by atoms with van der Waals surface area (Å²) in [6, 6.07) is 15.0. The van der Waals surface area contributed by atoms with Gasteiger partial charge in [0.15, 0.2) is 0 Å². The third kappa shape index (κ3) is 3.74. The zero-order valence-electron chi connectivity index (χ0n) is 17.6. The van der Waals surface area contributed by atoms with Gasteiger partial charge in [0.1, 0.15) is 5.76 Å². The first-order valence-electron chi connectivity index (χ1n) is 9.94. The summed E-state index contributed by atoms with van der Waals surface area (Å²) >= 11 is 0. The Bertz CT molecular complexity index is 910. The SMILES string of the molecule is C/C=C(\C)C=C(O)c1ccccc1-c1ccc2c(c1)C(C)(C)CCC2(C)C. The van der Waals surface area contributed by atoms with Crippen molar-refractivity contribution in [2.45, 2.75) is 65.2 Å². The average Bonchev–Trinajstić information content (AvgIpc) is 2.65. The molecule has 1 aliphatic rings. The summed E-state index contributed by atoms with van der Waals surface area (Å²) in [6.07, 6.45) is 6.26. The van der Waals surface area contributed by atoms with Crippen LogP contribution in [0.15, 0.2) is 60.2 Å². The topological polar surface area (TPSA) is 20.2 Å². The fourth-order valence-electron chi connectivity index (χ4n) is 4.09. The zero-order valence-corrected chi connectivity index (χ0v) is 17.6. The van der Waals surface area contributed by atoms with Crippen LogP contribution in [0.4, 0.5) is 0 Å². The molecule has 0 atom stereocenters. The lowest BCUT2D eigenvalue weighted by Crippen LogP contribution is -2.33. The summed E-state index contributed by atoms with van der Waals surface area (Å²) in [7, 11) is 0. The van der Waals surface area contributed by atoms with Crippen LogP contribution >= 0.6 is 0 Å². The van der Waals surface area contributed by atoms with Crippen molar-refractivity contribution in [1.29, 1.82) is 0 Å². The molecule has 0 bridgehead atoms. The first kappa shape index (κ1) is 19.5. The zero-order chi connectivity index (χ0) is 19.8. The Balaban J connectivity index is 2.16. The van der Waals surface area contributed by atoms with Crippen LogP contribution in [-0.4, -0.2) is 5.11 Å². The number of hydrogen-bond donors (Lipinski definition) is 1.